The minimum absolute atomic E-state index is 0.261. The fourth-order valence-corrected chi connectivity index (χ4v) is 2.35. The van der Waals surface area contributed by atoms with E-state index in [0.717, 1.165) is 21.9 Å². The molecule has 0 saturated heterocycles. The number of nitrogens with zero attached hydrogens (tertiary/aromatic N) is 1. The molecular weight excluding hydrogens is 263 g/mol. The van der Waals surface area contributed by atoms with Crippen molar-refractivity contribution in [2.75, 3.05) is 13.6 Å². The van der Waals surface area contributed by atoms with Gasteiger partial charge in [0.25, 0.3) is 0 Å². The quantitative estimate of drug-likeness (QED) is 0.797. The smallest absolute Gasteiger partial charge is 0.294 e. The number of halogens is 3. The summed E-state index contributed by atoms with van der Waals surface area (Å²) in [5, 5.41) is 1.99. The first-order chi connectivity index (χ1) is 9.40. The molecule has 2 rings (SSSR count). The first kappa shape index (κ1) is 14.6. The predicted octanol–water partition coefficient (Wildman–Crippen LogP) is 4.48. The molecule has 1 nitrogen and oxygen atoms in total. The molecule has 0 aliphatic rings. The van der Waals surface area contributed by atoms with Crippen LogP contribution in [0.3, 0.4) is 0 Å². The van der Waals surface area contributed by atoms with Gasteiger partial charge in [0.05, 0.1) is 6.54 Å². The van der Waals surface area contributed by atoms with Gasteiger partial charge >= 0.3 is 6.18 Å². The minimum atomic E-state index is -4.17. The number of hydrogen-bond donors (Lipinski definition) is 0. The van der Waals surface area contributed by atoms with Gasteiger partial charge in [-0.1, -0.05) is 49.1 Å². The third kappa shape index (κ3) is 3.39. The van der Waals surface area contributed by atoms with Gasteiger partial charge in [-0.3, -0.25) is 4.90 Å². The summed E-state index contributed by atoms with van der Waals surface area (Å²) in [6.45, 7) is 3.11. The molecule has 0 aliphatic carbocycles. The summed E-state index contributed by atoms with van der Waals surface area (Å²) in [6.07, 6.45) is -2.42. The number of hydrogen-bond acceptors (Lipinski definition) is 1. The van der Waals surface area contributed by atoms with Crippen LogP contribution in [0, 0.1) is 0 Å². The van der Waals surface area contributed by atoms with Gasteiger partial charge in [-0.05, 0) is 28.9 Å². The van der Waals surface area contributed by atoms with Crippen molar-refractivity contribution in [3.05, 3.63) is 54.1 Å². The lowest BCUT2D eigenvalue weighted by Gasteiger charge is -2.20. The van der Waals surface area contributed by atoms with Crippen molar-refractivity contribution in [2.45, 2.75) is 12.7 Å². The molecule has 0 aromatic heterocycles. The number of fused-ring (bicyclic) bond motifs is 1. The Balaban J connectivity index is 2.34. The summed E-state index contributed by atoms with van der Waals surface area (Å²) in [4.78, 5) is 1.27. The molecule has 0 spiro atoms. The van der Waals surface area contributed by atoms with Crippen molar-refractivity contribution in [3.8, 4) is 0 Å². The molecule has 20 heavy (non-hydrogen) atoms. The van der Waals surface area contributed by atoms with Crippen LogP contribution in [-0.2, 0) is 6.54 Å². The third-order valence-corrected chi connectivity index (χ3v) is 3.16. The number of alkyl halides is 3. The van der Waals surface area contributed by atoms with Gasteiger partial charge in [-0.15, -0.1) is 0 Å². The topological polar surface area (TPSA) is 3.24 Å². The van der Waals surface area contributed by atoms with E-state index >= 15 is 0 Å². The van der Waals surface area contributed by atoms with Crippen LogP contribution in [0.1, 0.15) is 11.1 Å². The normalized spacial score (nSPS) is 12.1. The standard InChI is InChI=1S/C16H16F3N/c1-3-12-8-9-13(10-20(2)11-16(17,18)19)15-7-5-4-6-14(12)15/h3-9H,1,10-11H2,2H3. The van der Waals surface area contributed by atoms with Gasteiger partial charge in [0.2, 0.25) is 0 Å². The summed E-state index contributed by atoms with van der Waals surface area (Å²) >= 11 is 0. The largest absolute Gasteiger partial charge is 0.401 e. The van der Waals surface area contributed by atoms with Gasteiger partial charge in [0.1, 0.15) is 0 Å². The number of benzene rings is 2. The Bertz CT molecular complexity index is 617. The van der Waals surface area contributed by atoms with Crippen LogP contribution in [-0.4, -0.2) is 24.7 Å². The zero-order chi connectivity index (χ0) is 14.8. The average Bonchev–Trinajstić information content (AvgIpc) is 2.37. The summed E-state index contributed by atoms with van der Waals surface area (Å²) < 4.78 is 37.2. The van der Waals surface area contributed by atoms with E-state index in [1.807, 2.05) is 36.4 Å². The Morgan fingerprint density at radius 3 is 2.35 bits per heavy atom. The molecule has 0 amide bonds. The molecule has 4 heteroatoms. The Morgan fingerprint density at radius 1 is 1.10 bits per heavy atom. The number of rotatable bonds is 4. The zero-order valence-electron chi connectivity index (χ0n) is 11.2. The Morgan fingerprint density at radius 2 is 1.75 bits per heavy atom. The van der Waals surface area contributed by atoms with Crippen LogP contribution >= 0.6 is 0 Å². The highest BCUT2D eigenvalue weighted by Crippen LogP contribution is 2.25. The highest BCUT2D eigenvalue weighted by atomic mass is 19.4. The molecule has 0 heterocycles. The molecule has 0 aliphatic heterocycles. The first-order valence-electron chi connectivity index (χ1n) is 6.29. The van der Waals surface area contributed by atoms with Crippen molar-refractivity contribution in [2.24, 2.45) is 0 Å². The monoisotopic (exact) mass is 279 g/mol. The fourth-order valence-electron chi connectivity index (χ4n) is 2.35. The Hall–Kier alpha value is -1.81. The molecule has 106 valence electrons. The second-order valence-corrected chi connectivity index (χ2v) is 4.85. The second-order valence-electron chi connectivity index (χ2n) is 4.85. The van der Waals surface area contributed by atoms with Crippen LogP contribution in [0.5, 0.6) is 0 Å². The van der Waals surface area contributed by atoms with Crippen LogP contribution in [0.25, 0.3) is 16.8 Å². The molecule has 2 aromatic carbocycles. The van der Waals surface area contributed by atoms with E-state index in [0.29, 0.717) is 0 Å². The summed E-state index contributed by atoms with van der Waals surface area (Å²) in [7, 11) is 1.48. The summed E-state index contributed by atoms with van der Waals surface area (Å²) in [5.74, 6) is 0. The van der Waals surface area contributed by atoms with E-state index in [1.165, 1.54) is 11.9 Å². The molecule has 0 N–H and O–H groups in total. The third-order valence-electron chi connectivity index (χ3n) is 3.16. The Labute approximate surface area is 116 Å². The lowest BCUT2D eigenvalue weighted by Crippen LogP contribution is -2.30. The molecule has 0 radical (unpaired) electrons. The van der Waals surface area contributed by atoms with Crippen molar-refractivity contribution >= 4 is 16.8 Å². The van der Waals surface area contributed by atoms with E-state index in [4.69, 9.17) is 0 Å². The van der Waals surface area contributed by atoms with Gasteiger partial charge in [-0.2, -0.15) is 13.2 Å². The molecule has 0 saturated carbocycles. The molecule has 0 unspecified atom stereocenters. The second kappa shape index (κ2) is 5.67. The SMILES string of the molecule is C=Cc1ccc(CN(C)CC(F)(F)F)c2ccccc12. The van der Waals surface area contributed by atoms with Crippen molar-refractivity contribution in [3.63, 3.8) is 0 Å². The van der Waals surface area contributed by atoms with Crippen molar-refractivity contribution < 1.29 is 13.2 Å². The van der Waals surface area contributed by atoms with E-state index in [9.17, 15) is 13.2 Å². The van der Waals surface area contributed by atoms with E-state index in [1.54, 1.807) is 6.08 Å². The average molecular weight is 279 g/mol. The molecule has 0 fully saturated rings. The van der Waals surface area contributed by atoms with Crippen LogP contribution < -0.4 is 0 Å². The fraction of sp³-hybridized carbons (Fsp3) is 0.250. The van der Waals surface area contributed by atoms with Crippen molar-refractivity contribution in [1.82, 2.24) is 4.90 Å². The van der Waals surface area contributed by atoms with E-state index in [2.05, 4.69) is 6.58 Å². The first-order valence-corrected chi connectivity index (χ1v) is 6.29. The maximum Gasteiger partial charge on any atom is 0.401 e. The van der Waals surface area contributed by atoms with Crippen LogP contribution in [0.4, 0.5) is 13.2 Å². The van der Waals surface area contributed by atoms with E-state index < -0.39 is 12.7 Å². The lowest BCUT2D eigenvalue weighted by molar-refractivity contribution is -0.143. The van der Waals surface area contributed by atoms with Gasteiger partial charge in [-0.25, -0.2) is 0 Å². The lowest BCUT2D eigenvalue weighted by atomic mass is 9.99. The maximum absolute atomic E-state index is 12.4. The Kier molecular flexibility index (Phi) is 4.14. The summed E-state index contributed by atoms with van der Waals surface area (Å²) in [5.41, 5.74) is 1.88. The minimum Gasteiger partial charge on any atom is -0.294 e. The highest BCUT2D eigenvalue weighted by molar-refractivity contribution is 5.92. The maximum atomic E-state index is 12.4. The molecular formula is C16H16F3N. The van der Waals surface area contributed by atoms with Gasteiger partial charge < -0.3 is 0 Å². The predicted molar refractivity (Wildman–Crippen MR) is 76.4 cm³/mol. The highest BCUT2D eigenvalue weighted by Gasteiger charge is 2.29. The summed E-state index contributed by atoms with van der Waals surface area (Å²) in [6, 6.07) is 11.5. The molecule has 0 atom stereocenters. The zero-order valence-corrected chi connectivity index (χ0v) is 11.2. The molecule has 2 aromatic rings. The van der Waals surface area contributed by atoms with Crippen molar-refractivity contribution in [1.29, 1.82) is 0 Å². The van der Waals surface area contributed by atoms with Gasteiger partial charge in [0.15, 0.2) is 0 Å². The van der Waals surface area contributed by atoms with Crippen LogP contribution in [0.15, 0.2) is 43.0 Å². The van der Waals surface area contributed by atoms with Crippen LogP contribution in [0.2, 0.25) is 0 Å². The van der Waals surface area contributed by atoms with Gasteiger partial charge in [0, 0.05) is 6.54 Å². The molecule has 0 bridgehead atoms. The van der Waals surface area contributed by atoms with E-state index in [-0.39, 0.29) is 6.54 Å².